The number of piperazine rings is 1. The van der Waals surface area contributed by atoms with Gasteiger partial charge < -0.3 is 15.1 Å². The molecule has 0 unspecified atom stereocenters. The molecule has 0 bridgehead atoms. The van der Waals surface area contributed by atoms with Crippen LogP contribution in [0.3, 0.4) is 0 Å². The van der Waals surface area contributed by atoms with Gasteiger partial charge in [-0.2, -0.15) is 13.2 Å². The van der Waals surface area contributed by atoms with E-state index < -0.39 is 23.8 Å². The first-order valence-electron chi connectivity index (χ1n) is 8.13. The van der Waals surface area contributed by atoms with Crippen LogP contribution in [0.5, 0.6) is 0 Å². The van der Waals surface area contributed by atoms with E-state index in [1.807, 2.05) is 13.8 Å². The second-order valence-corrected chi connectivity index (χ2v) is 6.55. The molecule has 5 nitrogen and oxygen atoms in total. The number of nitrogens with one attached hydrogen (secondary N) is 1. The fourth-order valence-corrected chi connectivity index (χ4v) is 2.77. The van der Waals surface area contributed by atoms with E-state index in [0.717, 1.165) is 12.1 Å². The summed E-state index contributed by atoms with van der Waals surface area (Å²) in [6, 6.07) is 3.10. The van der Waals surface area contributed by atoms with Crippen molar-refractivity contribution in [3.05, 3.63) is 29.8 Å². The minimum atomic E-state index is -4.42. The largest absolute Gasteiger partial charge is 0.416 e. The van der Waals surface area contributed by atoms with Crippen LogP contribution in [-0.4, -0.2) is 47.4 Å². The molecule has 1 aromatic rings. The molecule has 3 amide bonds. The average Bonchev–Trinajstić information content (AvgIpc) is 2.51. The molecule has 138 valence electrons. The SMILES string of the molecule is CC(C)CN1CCN(C(=O)Nc2ccc(C(F)(F)F)cc2)[C@@H](C)C1=O. The van der Waals surface area contributed by atoms with Crippen LogP contribution in [-0.2, 0) is 11.0 Å². The Bertz CT molecular complexity index is 629. The number of urea groups is 1. The number of rotatable bonds is 3. The highest BCUT2D eigenvalue weighted by Gasteiger charge is 2.34. The van der Waals surface area contributed by atoms with Gasteiger partial charge in [0.1, 0.15) is 6.04 Å². The van der Waals surface area contributed by atoms with Gasteiger partial charge in [-0.15, -0.1) is 0 Å². The molecule has 1 saturated heterocycles. The van der Waals surface area contributed by atoms with Crippen molar-refractivity contribution in [1.29, 1.82) is 0 Å². The quantitative estimate of drug-likeness (QED) is 0.901. The van der Waals surface area contributed by atoms with E-state index in [-0.39, 0.29) is 11.6 Å². The molecule has 8 heteroatoms. The monoisotopic (exact) mass is 357 g/mol. The van der Waals surface area contributed by atoms with Crippen molar-refractivity contribution < 1.29 is 22.8 Å². The highest BCUT2D eigenvalue weighted by Crippen LogP contribution is 2.29. The number of alkyl halides is 3. The summed E-state index contributed by atoms with van der Waals surface area (Å²) in [4.78, 5) is 27.9. The molecule has 1 fully saturated rings. The number of carbonyl (C=O) groups excluding carboxylic acids is 2. The normalized spacial score (nSPS) is 18.7. The molecular formula is C17H22F3N3O2. The van der Waals surface area contributed by atoms with Gasteiger partial charge in [0.2, 0.25) is 5.91 Å². The molecular weight excluding hydrogens is 335 g/mol. The first kappa shape index (κ1) is 19.1. The molecule has 0 radical (unpaired) electrons. The first-order chi connectivity index (χ1) is 11.6. The van der Waals surface area contributed by atoms with Gasteiger partial charge in [0.15, 0.2) is 0 Å². The summed E-state index contributed by atoms with van der Waals surface area (Å²) in [7, 11) is 0. The highest BCUT2D eigenvalue weighted by atomic mass is 19.4. The summed E-state index contributed by atoms with van der Waals surface area (Å²) in [5, 5.41) is 2.55. The van der Waals surface area contributed by atoms with Crippen LogP contribution in [0.15, 0.2) is 24.3 Å². The molecule has 1 heterocycles. The van der Waals surface area contributed by atoms with Crippen molar-refractivity contribution in [2.75, 3.05) is 25.0 Å². The van der Waals surface area contributed by atoms with Crippen molar-refractivity contribution in [3.63, 3.8) is 0 Å². The predicted octanol–water partition coefficient (Wildman–Crippen LogP) is 3.43. The zero-order valence-electron chi connectivity index (χ0n) is 14.4. The van der Waals surface area contributed by atoms with Crippen LogP contribution in [0.25, 0.3) is 0 Å². The van der Waals surface area contributed by atoms with E-state index in [9.17, 15) is 22.8 Å². The minimum absolute atomic E-state index is 0.123. The van der Waals surface area contributed by atoms with Gasteiger partial charge in [-0.25, -0.2) is 4.79 Å². The summed E-state index contributed by atoms with van der Waals surface area (Å²) in [5.74, 6) is 0.214. The van der Waals surface area contributed by atoms with Crippen molar-refractivity contribution in [3.8, 4) is 0 Å². The molecule has 1 aliphatic heterocycles. The van der Waals surface area contributed by atoms with E-state index in [2.05, 4.69) is 5.32 Å². The second kappa shape index (κ2) is 7.33. The Morgan fingerprint density at radius 3 is 2.36 bits per heavy atom. The highest BCUT2D eigenvalue weighted by molar-refractivity contribution is 5.94. The predicted molar refractivity (Wildman–Crippen MR) is 88.0 cm³/mol. The smallest absolute Gasteiger partial charge is 0.339 e. The summed E-state index contributed by atoms with van der Waals surface area (Å²) in [5.41, 5.74) is -0.529. The van der Waals surface area contributed by atoms with Crippen molar-refractivity contribution in [2.24, 2.45) is 5.92 Å². The van der Waals surface area contributed by atoms with E-state index in [1.54, 1.807) is 11.8 Å². The molecule has 1 aromatic carbocycles. The summed E-state index contributed by atoms with van der Waals surface area (Å²) in [6.07, 6.45) is -4.42. The maximum Gasteiger partial charge on any atom is 0.416 e. The first-order valence-corrected chi connectivity index (χ1v) is 8.13. The van der Waals surface area contributed by atoms with Crippen LogP contribution in [0.4, 0.5) is 23.7 Å². The molecule has 0 aliphatic carbocycles. The molecule has 1 atom stereocenters. The van der Waals surface area contributed by atoms with Gasteiger partial charge in [0, 0.05) is 25.3 Å². The zero-order chi connectivity index (χ0) is 18.8. The molecule has 1 aliphatic rings. The Morgan fingerprint density at radius 2 is 1.84 bits per heavy atom. The van der Waals surface area contributed by atoms with E-state index in [0.29, 0.717) is 25.6 Å². The number of halogens is 3. The van der Waals surface area contributed by atoms with Crippen LogP contribution in [0.1, 0.15) is 26.3 Å². The minimum Gasteiger partial charge on any atom is -0.339 e. The summed E-state index contributed by atoms with van der Waals surface area (Å²) >= 11 is 0. The lowest BCUT2D eigenvalue weighted by molar-refractivity contribution is -0.139. The molecule has 25 heavy (non-hydrogen) atoms. The van der Waals surface area contributed by atoms with E-state index in [1.165, 1.54) is 17.0 Å². The molecule has 1 N–H and O–H groups in total. The number of nitrogens with zero attached hydrogens (tertiary/aromatic N) is 2. The Balaban J connectivity index is 2.00. The second-order valence-electron chi connectivity index (χ2n) is 6.55. The Kier molecular flexibility index (Phi) is 5.59. The third kappa shape index (κ3) is 4.64. The third-order valence-electron chi connectivity index (χ3n) is 4.06. The number of anilines is 1. The third-order valence-corrected chi connectivity index (χ3v) is 4.06. The fourth-order valence-electron chi connectivity index (χ4n) is 2.77. The Morgan fingerprint density at radius 1 is 1.24 bits per heavy atom. The lowest BCUT2D eigenvalue weighted by Gasteiger charge is -2.39. The van der Waals surface area contributed by atoms with Crippen molar-refractivity contribution in [2.45, 2.75) is 33.0 Å². The topological polar surface area (TPSA) is 52.6 Å². The number of amides is 3. The number of carbonyl (C=O) groups is 2. The molecule has 2 rings (SSSR count). The van der Waals surface area contributed by atoms with Gasteiger partial charge in [-0.1, -0.05) is 13.8 Å². The van der Waals surface area contributed by atoms with Gasteiger partial charge in [0.25, 0.3) is 0 Å². The zero-order valence-corrected chi connectivity index (χ0v) is 14.4. The molecule has 0 spiro atoms. The van der Waals surface area contributed by atoms with Gasteiger partial charge in [-0.05, 0) is 37.1 Å². The molecule has 0 saturated carbocycles. The number of hydrogen-bond acceptors (Lipinski definition) is 2. The maximum atomic E-state index is 12.6. The Hall–Kier alpha value is -2.25. The fraction of sp³-hybridized carbons (Fsp3) is 0.529. The van der Waals surface area contributed by atoms with E-state index >= 15 is 0 Å². The summed E-state index contributed by atoms with van der Waals surface area (Å²) in [6.45, 7) is 7.15. The lowest BCUT2D eigenvalue weighted by Crippen LogP contribution is -2.58. The van der Waals surface area contributed by atoms with Crippen LogP contribution in [0, 0.1) is 5.92 Å². The maximum absolute atomic E-state index is 12.6. The van der Waals surface area contributed by atoms with Crippen LogP contribution in [0.2, 0.25) is 0 Å². The van der Waals surface area contributed by atoms with E-state index in [4.69, 9.17) is 0 Å². The lowest BCUT2D eigenvalue weighted by atomic mass is 10.1. The number of benzene rings is 1. The van der Waals surface area contributed by atoms with Gasteiger partial charge >= 0.3 is 12.2 Å². The summed E-state index contributed by atoms with van der Waals surface area (Å²) < 4.78 is 37.7. The van der Waals surface area contributed by atoms with Crippen LogP contribution < -0.4 is 5.32 Å². The average molecular weight is 357 g/mol. The van der Waals surface area contributed by atoms with Crippen molar-refractivity contribution in [1.82, 2.24) is 9.80 Å². The van der Waals surface area contributed by atoms with Gasteiger partial charge in [0.05, 0.1) is 5.56 Å². The number of hydrogen-bond donors (Lipinski definition) is 1. The molecule has 0 aromatic heterocycles. The van der Waals surface area contributed by atoms with Gasteiger partial charge in [-0.3, -0.25) is 4.79 Å². The standard InChI is InChI=1S/C17H22F3N3O2/c1-11(2)10-22-8-9-23(12(3)15(22)24)16(25)21-14-6-4-13(5-7-14)17(18,19)20/h4-7,11-12H,8-10H2,1-3H3,(H,21,25)/t12-/m0/s1. The van der Waals surface area contributed by atoms with Crippen molar-refractivity contribution >= 4 is 17.6 Å². The Labute approximate surface area is 144 Å². The van der Waals surface area contributed by atoms with Crippen LogP contribution >= 0.6 is 0 Å².